The molecule has 1 heterocycles. The quantitative estimate of drug-likeness (QED) is 0.838. The smallest absolute Gasteiger partial charge is 0.181 e. The highest BCUT2D eigenvalue weighted by molar-refractivity contribution is 7.91. The van der Waals surface area contributed by atoms with Crippen molar-refractivity contribution in [3.05, 3.63) is 29.3 Å². The molecular formula is C11H13F2NO2S. The molecule has 6 heteroatoms. The maximum atomic E-state index is 13.7. The van der Waals surface area contributed by atoms with E-state index in [0.717, 1.165) is 12.1 Å². The molecule has 1 aliphatic rings. The Morgan fingerprint density at radius 1 is 1.29 bits per heavy atom. The van der Waals surface area contributed by atoms with Crippen LogP contribution >= 0.6 is 0 Å². The van der Waals surface area contributed by atoms with E-state index >= 15 is 0 Å². The monoisotopic (exact) mass is 261 g/mol. The third kappa shape index (κ3) is 2.07. The minimum atomic E-state index is -3.73. The van der Waals surface area contributed by atoms with Crippen LogP contribution in [0, 0.1) is 11.6 Å². The molecule has 1 N–H and O–H groups in total. The highest BCUT2D eigenvalue weighted by Crippen LogP contribution is 2.34. The molecule has 0 aliphatic carbocycles. The Morgan fingerprint density at radius 2 is 1.94 bits per heavy atom. The maximum absolute atomic E-state index is 13.7. The van der Waals surface area contributed by atoms with Gasteiger partial charge in [0.1, 0.15) is 16.5 Å². The maximum Gasteiger partial charge on any atom is 0.181 e. The first-order valence-electron chi connectivity index (χ1n) is 5.35. The fraction of sp³-hybridized carbons (Fsp3) is 0.455. The Labute approximate surface area is 98.8 Å². The van der Waals surface area contributed by atoms with Crippen molar-refractivity contribution in [1.82, 2.24) is 5.32 Å². The number of benzene rings is 1. The average Bonchev–Trinajstić information content (AvgIpc) is 2.40. The van der Waals surface area contributed by atoms with Gasteiger partial charge in [-0.1, -0.05) is 0 Å². The SMILES string of the molecule is CNC1CCCS(=O)(=O)c2c(F)ccc(F)c21. The van der Waals surface area contributed by atoms with Crippen molar-refractivity contribution in [2.45, 2.75) is 23.8 Å². The van der Waals surface area contributed by atoms with Gasteiger partial charge >= 0.3 is 0 Å². The molecule has 0 bridgehead atoms. The molecule has 0 saturated carbocycles. The van der Waals surface area contributed by atoms with E-state index in [9.17, 15) is 17.2 Å². The number of fused-ring (bicyclic) bond motifs is 1. The number of hydrogen-bond donors (Lipinski definition) is 1. The lowest BCUT2D eigenvalue weighted by Gasteiger charge is -2.17. The van der Waals surface area contributed by atoms with E-state index in [-0.39, 0.29) is 11.3 Å². The molecule has 1 aromatic carbocycles. The molecule has 0 saturated heterocycles. The van der Waals surface area contributed by atoms with Crippen LogP contribution in [0.2, 0.25) is 0 Å². The number of sulfone groups is 1. The molecule has 2 rings (SSSR count). The molecule has 0 spiro atoms. The highest BCUT2D eigenvalue weighted by Gasteiger charge is 2.32. The van der Waals surface area contributed by atoms with Gasteiger partial charge in [0.2, 0.25) is 0 Å². The predicted molar refractivity (Wildman–Crippen MR) is 59.4 cm³/mol. The summed E-state index contributed by atoms with van der Waals surface area (Å²) in [6.07, 6.45) is 0.866. The van der Waals surface area contributed by atoms with E-state index in [0.29, 0.717) is 12.8 Å². The van der Waals surface area contributed by atoms with Crippen LogP contribution < -0.4 is 5.32 Å². The summed E-state index contributed by atoms with van der Waals surface area (Å²) >= 11 is 0. The first-order chi connectivity index (χ1) is 7.97. The Balaban J connectivity index is 2.78. The summed E-state index contributed by atoms with van der Waals surface area (Å²) in [4.78, 5) is -0.477. The summed E-state index contributed by atoms with van der Waals surface area (Å²) in [5, 5.41) is 2.83. The highest BCUT2D eigenvalue weighted by atomic mass is 32.2. The van der Waals surface area contributed by atoms with Crippen molar-refractivity contribution in [2.75, 3.05) is 12.8 Å². The average molecular weight is 261 g/mol. The number of hydrogen-bond acceptors (Lipinski definition) is 3. The van der Waals surface area contributed by atoms with Crippen molar-refractivity contribution < 1.29 is 17.2 Å². The van der Waals surface area contributed by atoms with Gasteiger partial charge < -0.3 is 5.32 Å². The summed E-state index contributed by atoms with van der Waals surface area (Å²) in [6, 6.07) is 1.38. The first kappa shape index (κ1) is 12.4. The molecule has 3 nitrogen and oxygen atoms in total. The number of nitrogens with one attached hydrogen (secondary N) is 1. The molecule has 0 amide bonds. The second-order valence-corrected chi connectivity index (χ2v) is 6.12. The molecular weight excluding hydrogens is 248 g/mol. The molecule has 1 aromatic rings. The molecule has 94 valence electrons. The third-order valence-corrected chi connectivity index (χ3v) is 4.87. The van der Waals surface area contributed by atoms with E-state index in [1.165, 1.54) is 0 Å². The standard InChI is InChI=1S/C11H13F2NO2S/c1-14-9-3-2-6-17(15,16)11-8(13)5-4-7(12)10(9)11/h4-5,9,14H,2-3,6H2,1H3. The largest absolute Gasteiger partial charge is 0.313 e. The van der Waals surface area contributed by atoms with Crippen LogP contribution in [0.4, 0.5) is 8.78 Å². The minimum Gasteiger partial charge on any atom is -0.313 e. The lowest BCUT2D eigenvalue weighted by Crippen LogP contribution is -2.19. The van der Waals surface area contributed by atoms with Crippen LogP contribution in [-0.2, 0) is 9.84 Å². The van der Waals surface area contributed by atoms with Crippen molar-refractivity contribution in [1.29, 1.82) is 0 Å². The van der Waals surface area contributed by atoms with Gasteiger partial charge in [-0.3, -0.25) is 0 Å². The van der Waals surface area contributed by atoms with Crippen molar-refractivity contribution in [3.8, 4) is 0 Å². The summed E-state index contributed by atoms with van der Waals surface area (Å²) in [5.74, 6) is -1.69. The Bertz CT molecular complexity index is 543. The molecule has 1 unspecified atom stereocenters. The molecule has 1 aliphatic heterocycles. The predicted octanol–water partition coefficient (Wildman–Crippen LogP) is 1.79. The second-order valence-electron chi connectivity index (χ2n) is 4.07. The van der Waals surface area contributed by atoms with Gasteiger partial charge in [0.15, 0.2) is 9.84 Å². The van der Waals surface area contributed by atoms with Crippen LogP contribution in [0.15, 0.2) is 17.0 Å². The number of halogens is 2. The van der Waals surface area contributed by atoms with Crippen LogP contribution in [0.5, 0.6) is 0 Å². The summed E-state index contributed by atoms with van der Waals surface area (Å²) in [6.45, 7) is 0. The van der Waals surface area contributed by atoms with Crippen molar-refractivity contribution in [2.24, 2.45) is 0 Å². The van der Waals surface area contributed by atoms with E-state index in [2.05, 4.69) is 5.32 Å². The van der Waals surface area contributed by atoms with E-state index < -0.39 is 32.4 Å². The molecule has 0 fully saturated rings. The van der Waals surface area contributed by atoms with Gasteiger partial charge in [0, 0.05) is 11.6 Å². The minimum absolute atomic E-state index is 0.0648. The van der Waals surface area contributed by atoms with Gasteiger partial charge in [0.05, 0.1) is 5.75 Å². The Hall–Kier alpha value is -1.01. The second kappa shape index (κ2) is 4.34. The fourth-order valence-electron chi connectivity index (χ4n) is 2.20. The van der Waals surface area contributed by atoms with Gasteiger partial charge in [-0.2, -0.15) is 0 Å². The van der Waals surface area contributed by atoms with Crippen molar-refractivity contribution >= 4 is 9.84 Å². The molecule has 0 radical (unpaired) electrons. The van der Waals surface area contributed by atoms with Crippen LogP contribution in [0.25, 0.3) is 0 Å². The number of rotatable bonds is 1. The zero-order chi connectivity index (χ0) is 12.6. The van der Waals surface area contributed by atoms with Crippen LogP contribution in [0.3, 0.4) is 0 Å². The molecule has 0 aromatic heterocycles. The van der Waals surface area contributed by atoms with Gasteiger partial charge in [-0.15, -0.1) is 0 Å². The Morgan fingerprint density at radius 3 is 2.59 bits per heavy atom. The normalized spacial score (nSPS) is 22.9. The van der Waals surface area contributed by atoms with Crippen LogP contribution in [-0.4, -0.2) is 21.2 Å². The van der Waals surface area contributed by atoms with Crippen LogP contribution in [0.1, 0.15) is 24.4 Å². The Kier molecular flexibility index (Phi) is 3.18. The van der Waals surface area contributed by atoms with Gasteiger partial charge in [-0.25, -0.2) is 17.2 Å². The first-order valence-corrected chi connectivity index (χ1v) is 7.00. The molecule has 17 heavy (non-hydrogen) atoms. The van der Waals surface area contributed by atoms with E-state index in [1.54, 1.807) is 7.05 Å². The summed E-state index contributed by atoms with van der Waals surface area (Å²) in [7, 11) is -2.12. The lowest BCUT2D eigenvalue weighted by molar-refractivity contribution is 0.485. The van der Waals surface area contributed by atoms with Gasteiger partial charge in [-0.05, 0) is 32.0 Å². The zero-order valence-corrected chi connectivity index (χ0v) is 10.2. The molecule has 1 atom stereocenters. The van der Waals surface area contributed by atoms with Gasteiger partial charge in [0.25, 0.3) is 0 Å². The third-order valence-electron chi connectivity index (χ3n) is 3.01. The lowest BCUT2D eigenvalue weighted by atomic mass is 10.0. The van der Waals surface area contributed by atoms with E-state index in [1.807, 2.05) is 0 Å². The summed E-state index contributed by atoms with van der Waals surface area (Å²) in [5.41, 5.74) is -0.0648. The van der Waals surface area contributed by atoms with E-state index in [4.69, 9.17) is 0 Å². The fourth-order valence-corrected chi connectivity index (χ4v) is 3.89. The zero-order valence-electron chi connectivity index (χ0n) is 9.33. The van der Waals surface area contributed by atoms with Crippen molar-refractivity contribution in [3.63, 3.8) is 0 Å². The topological polar surface area (TPSA) is 46.2 Å². The summed E-state index contributed by atoms with van der Waals surface area (Å²) < 4.78 is 51.2.